The fraction of sp³-hybridized carbons (Fsp3) is 0.200. The molecule has 1 heterocycles. The summed E-state index contributed by atoms with van der Waals surface area (Å²) in [7, 11) is -3.53. The number of sulfone groups is 1. The third-order valence-corrected chi connectivity index (χ3v) is 5.82. The molecule has 3 rings (SSSR count). The number of fused-ring (bicyclic) bond motifs is 2. The molecule has 2 aromatic carbocycles. The highest BCUT2D eigenvalue weighted by Gasteiger charge is 2.27. The van der Waals surface area contributed by atoms with Crippen molar-refractivity contribution in [2.24, 2.45) is 0 Å². The van der Waals surface area contributed by atoms with Crippen LogP contribution in [0, 0.1) is 0 Å². The van der Waals surface area contributed by atoms with Gasteiger partial charge in [-0.25, -0.2) is 8.42 Å². The minimum absolute atomic E-state index is 0.161. The van der Waals surface area contributed by atoms with Gasteiger partial charge in [0.15, 0.2) is 0 Å². The normalized spacial score (nSPS) is 16.1. The second-order valence-corrected chi connectivity index (χ2v) is 7.30. The molecular weight excluding hydrogens is 292 g/mol. The molecule has 0 aromatic heterocycles. The van der Waals surface area contributed by atoms with Gasteiger partial charge in [0.25, 0.3) is 0 Å². The Morgan fingerprint density at radius 1 is 1.00 bits per heavy atom. The Balaban J connectivity index is 2.28. The van der Waals surface area contributed by atoms with Gasteiger partial charge in [-0.2, -0.15) is 0 Å². The van der Waals surface area contributed by atoms with Crippen LogP contribution in [0.2, 0.25) is 0 Å². The third kappa shape index (κ3) is 2.16. The molecule has 1 N–H and O–H groups in total. The predicted molar refractivity (Wildman–Crippen MR) is 78.9 cm³/mol. The van der Waals surface area contributed by atoms with Gasteiger partial charge in [0.1, 0.15) is 0 Å². The van der Waals surface area contributed by atoms with E-state index in [9.17, 15) is 13.5 Å². The molecule has 104 valence electrons. The second-order valence-electron chi connectivity index (χ2n) is 4.90. The first-order chi connectivity index (χ1) is 9.52. The maximum Gasteiger partial charge on any atom is 0.207 e. The number of aliphatic hydroxyl groups excluding tert-OH is 1. The average molecular weight is 306 g/mol. The maximum absolute atomic E-state index is 12.8. The van der Waals surface area contributed by atoms with Crippen LogP contribution in [0.1, 0.15) is 16.7 Å². The van der Waals surface area contributed by atoms with Crippen LogP contribution in [0.25, 0.3) is 0 Å². The van der Waals surface area contributed by atoms with Crippen LogP contribution in [0.4, 0.5) is 0 Å². The lowest BCUT2D eigenvalue weighted by molar-refractivity contribution is 0.281. The van der Waals surface area contributed by atoms with E-state index in [2.05, 4.69) is 12.6 Å². The predicted octanol–water partition coefficient (Wildman–Crippen LogP) is 2.40. The topological polar surface area (TPSA) is 54.4 Å². The molecule has 0 unspecified atom stereocenters. The summed E-state index contributed by atoms with van der Waals surface area (Å²) in [5.41, 5.74) is 2.22. The summed E-state index contributed by atoms with van der Waals surface area (Å²) in [5.74, 6) is 0. The Morgan fingerprint density at radius 3 is 2.50 bits per heavy atom. The Labute approximate surface area is 123 Å². The van der Waals surface area contributed by atoms with Crippen LogP contribution in [-0.4, -0.2) is 13.5 Å². The average Bonchev–Trinajstić information content (AvgIpc) is 2.54. The van der Waals surface area contributed by atoms with Gasteiger partial charge in [-0.1, -0.05) is 12.1 Å². The Morgan fingerprint density at radius 2 is 1.75 bits per heavy atom. The summed E-state index contributed by atoms with van der Waals surface area (Å²) in [6.45, 7) is -0.161. The van der Waals surface area contributed by atoms with Gasteiger partial charge in [0, 0.05) is 4.90 Å². The van der Waals surface area contributed by atoms with Crippen molar-refractivity contribution in [3.63, 3.8) is 0 Å². The van der Waals surface area contributed by atoms with Crippen molar-refractivity contribution in [3.05, 3.63) is 53.1 Å². The molecule has 0 radical (unpaired) electrons. The smallest absolute Gasteiger partial charge is 0.207 e. The van der Waals surface area contributed by atoms with Crippen molar-refractivity contribution in [2.75, 3.05) is 0 Å². The number of hydrogen-bond donors (Lipinski definition) is 2. The van der Waals surface area contributed by atoms with Crippen molar-refractivity contribution >= 4 is 22.5 Å². The Bertz CT molecular complexity index is 780. The fourth-order valence-corrected chi connectivity index (χ4v) is 4.61. The molecule has 5 heteroatoms. The van der Waals surface area contributed by atoms with Gasteiger partial charge in [0.05, 0.1) is 16.4 Å². The van der Waals surface area contributed by atoms with Crippen LogP contribution in [0.15, 0.2) is 51.1 Å². The molecule has 0 spiro atoms. The van der Waals surface area contributed by atoms with Crippen molar-refractivity contribution in [3.8, 4) is 0 Å². The number of hydrogen-bond acceptors (Lipinski definition) is 4. The van der Waals surface area contributed by atoms with Gasteiger partial charge in [-0.05, 0) is 53.8 Å². The molecule has 0 bridgehead atoms. The van der Waals surface area contributed by atoms with Gasteiger partial charge in [-0.15, -0.1) is 12.6 Å². The van der Waals surface area contributed by atoms with E-state index in [0.717, 1.165) is 16.0 Å². The molecule has 0 saturated carbocycles. The van der Waals surface area contributed by atoms with Gasteiger partial charge in [-0.3, -0.25) is 0 Å². The van der Waals surface area contributed by atoms with E-state index in [1.807, 2.05) is 6.07 Å². The summed E-state index contributed by atoms with van der Waals surface area (Å²) < 4.78 is 25.6. The van der Waals surface area contributed by atoms with Crippen molar-refractivity contribution in [2.45, 2.75) is 34.1 Å². The van der Waals surface area contributed by atoms with Crippen LogP contribution in [0.3, 0.4) is 0 Å². The highest BCUT2D eigenvalue weighted by molar-refractivity contribution is 7.91. The zero-order valence-corrected chi connectivity index (χ0v) is 12.4. The van der Waals surface area contributed by atoms with E-state index in [1.165, 1.54) is 0 Å². The largest absolute Gasteiger partial charge is 0.392 e. The Kier molecular flexibility index (Phi) is 3.36. The van der Waals surface area contributed by atoms with Gasteiger partial charge in [0.2, 0.25) is 9.84 Å². The number of thiol groups is 1. The first-order valence-corrected chi connectivity index (χ1v) is 8.25. The summed E-state index contributed by atoms with van der Waals surface area (Å²) in [6.07, 6.45) is 1.35. The summed E-state index contributed by atoms with van der Waals surface area (Å²) in [4.78, 5) is 1.43. The quantitative estimate of drug-likeness (QED) is 0.796. The fourth-order valence-electron chi connectivity index (χ4n) is 2.57. The third-order valence-electron chi connectivity index (χ3n) is 3.60. The van der Waals surface area contributed by atoms with Crippen LogP contribution >= 0.6 is 12.6 Å². The van der Waals surface area contributed by atoms with E-state index >= 15 is 0 Å². The molecule has 2 aromatic rings. The molecule has 0 fully saturated rings. The molecule has 0 saturated heterocycles. The molecule has 1 aliphatic heterocycles. The van der Waals surface area contributed by atoms with E-state index in [4.69, 9.17) is 0 Å². The van der Waals surface area contributed by atoms with E-state index in [1.54, 1.807) is 30.3 Å². The molecule has 3 nitrogen and oxygen atoms in total. The number of benzene rings is 2. The van der Waals surface area contributed by atoms with Crippen molar-refractivity contribution in [1.29, 1.82) is 0 Å². The van der Waals surface area contributed by atoms with Crippen LogP contribution < -0.4 is 0 Å². The van der Waals surface area contributed by atoms with E-state index in [0.29, 0.717) is 28.2 Å². The first kappa shape index (κ1) is 13.7. The lowest BCUT2D eigenvalue weighted by atomic mass is 10.0. The summed E-state index contributed by atoms with van der Waals surface area (Å²) in [5, 5.41) is 9.21. The minimum atomic E-state index is -3.53. The SMILES string of the molecule is O=S1(=O)c2ccc(S)cc2CCc2ccc(CO)cc21. The molecule has 0 atom stereocenters. The lowest BCUT2D eigenvalue weighted by Crippen LogP contribution is -2.05. The second kappa shape index (κ2) is 4.91. The number of aryl methyl sites for hydroxylation is 2. The Hall–Kier alpha value is -1.30. The molecule has 0 aliphatic carbocycles. The molecular formula is C15H14O3S2. The lowest BCUT2D eigenvalue weighted by Gasteiger charge is -2.09. The molecule has 20 heavy (non-hydrogen) atoms. The first-order valence-electron chi connectivity index (χ1n) is 6.32. The monoisotopic (exact) mass is 306 g/mol. The maximum atomic E-state index is 12.8. The minimum Gasteiger partial charge on any atom is -0.392 e. The standard InChI is InChI=1S/C15H14O3S2/c16-9-10-1-2-11-3-4-12-8-13(19)5-6-14(12)20(17,18)15(11)7-10/h1-2,5-8,16,19H,3-4,9H2. The van der Waals surface area contributed by atoms with Gasteiger partial charge >= 0.3 is 0 Å². The van der Waals surface area contributed by atoms with E-state index < -0.39 is 9.84 Å². The highest BCUT2D eigenvalue weighted by Crippen LogP contribution is 2.33. The zero-order valence-electron chi connectivity index (χ0n) is 10.7. The van der Waals surface area contributed by atoms with Gasteiger partial charge < -0.3 is 5.11 Å². The molecule has 0 amide bonds. The summed E-state index contributed by atoms with van der Waals surface area (Å²) >= 11 is 4.28. The van der Waals surface area contributed by atoms with Crippen LogP contribution in [0.5, 0.6) is 0 Å². The van der Waals surface area contributed by atoms with Crippen LogP contribution in [-0.2, 0) is 29.3 Å². The van der Waals surface area contributed by atoms with Crippen molar-refractivity contribution in [1.82, 2.24) is 0 Å². The highest BCUT2D eigenvalue weighted by atomic mass is 32.2. The van der Waals surface area contributed by atoms with Crippen molar-refractivity contribution < 1.29 is 13.5 Å². The van der Waals surface area contributed by atoms with E-state index in [-0.39, 0.29) is 6.61 Å². The molecule has 1 aliphatic rings. The number of rotatable bonds is 1. The zero-order chi connectivity index (χ0) is 14.3. The number of aliphatic hydroxyl groups is 1. The summed E-state index contributed by atoms with van der Waals surface area (Å²) in [6, 6.07) is 10.3.